The number of hydrogen-bond acceptors (Lipinski definition) is 4. The first-order valence-corrected chi connectivity index (χ1v) is 5.11. The molecule has 2 atom stereocenters. The van der Waals surface area contributed by atoms with Crippen molar-refractivity contribution in [3.63, 3.8) is 0 Å². The number of nitrogens with two attached hydrogens (primary N) is 1. The van der Waals surface area contributed by atoms with Crippen LogP contribution in [-0.2, 0) is 14.3 Å². The van der Waals surface area contributed by atoms with E-state index in [0.29, 0.717) is 6.61 Å². The molecular formula is C10H21NO3. The lowest BCUT2D eigenvalue weighted by Crippen LogP contribution is -2.31. The van der Waals surface area contributed by atoms with Crippen molar-refractivity contribution >= 4 is 5.97 Å². The van der Waals surface area contributed by atoms with Crippen LogP contribution in [0.2, 0.25) is 0 Å². The van der Waals surface area contributed by atoms with Gasteiger partial charge in [-0.15, -0.1) is 0 Å². The molecule has 0 fully saturated rings. The van der Waals surface area contributed by atoms with E-state index in [9.17, 15) is 4.79 Å². The average molecular weight is 203 g/mol. The number of ether oxygens (including phenoxy) is 2. The molecule has 0 aromatic heterocycles. The van der Waals surface area contributed by atoms with E-state index in [0.717, 1.165) is 19.4 Å². The van der Waals surface area contributed by atoms with Gasteiger partial charge in [0.15, 0.2) is 0 Å². The standard InChI is InChI=1S/C10H21NO3/c1-4-6-13-7-5-8(2)14-10(12)9(3)11/h8-9H,4-7,11H2,1-3H3/t8-,9-/m0/s1. The summed E-state index contributed by atoms with van der Waals surface area (Å²) >= 11 is 0. The fraction of sp³-hybridized carbons (Fsp3) is 0.900. The van der Waals surface area contributed by atoms with E-state index in [-0.39, 0.29) is 12.1 Å². The van der Waals surface area contributed by atoms with Crippen LogP contribution in [0.25, 0.3) is 0 Å². The molecular weight excluding hydrogens is 182 g/mol. The highest BCUT2D eigenvalue weighted by Gasteiger charge is 2.12. The molecule has 0 aliphatic heterocycles. The summed E-state index contributed by atoms with van der Waals surface area (Å²) in [7, 11) is 0. The van der Waals surface area contributed by atoms with Crippen LogP contribution in [0.1, 0.15) is 33.6 Å². The number of carbonyl (C=O) groups excluding carboxylic acids is 1. The second kappa shape index (κ2) is 7.76. The largest absolute Gasteiger partial charge is 0.461 e. The molecule has 0 heterocycles. The molecule has 0 aromatic carbocycles. The number of rotatable bonds is 7. The quantitative estimate of drug-likeness (QED) is 0.497. The van der Waals surface area contributed by atoms with Gasteiger partial charge in [0.1, 0.15) is 12.1 Å². The van der Waals surface area contributed by atoms with Crippen LogP contribution in [0.5, 0.6) is 0 Å². The Hall–Kier alpha value is -0.610. The maximum absolute atomic E-state index is 11.1. The predicted octanol–water partition coefficient (Wildman–Crippen LogP) is 1.08. The van der Waals surface area contributed by atoms with Crippen molar-refractivity contribution < 1.29 is 14.3 Å². The van der Waals surface area contributed by atoms with Crippen LogP contribution in [-0.4, -0.2) is 31.3 Å². The Morgan fingerprint density at radius 1 is 1.36 bits per heavy atom. The molecule has 84 valence electrons. The third-order valence-electron chi connectivity index (χ3n) is 1.71. The maximum atomic E-state index is 11.1. The fourth-order valence-electron chi connectivity index (χ4n) is 0.860. The summed E-state index contributed by atoms with van der Waals surface area (Å²) in [5.41, 5.74) is 5.35. The van der Waals surface area contributed by atoms with E-state index >= 15 is 0 Å². The lowest BCUT2D eigenvalue weighted by atomic mass is 10.3. The van der Waals surface area contributed by atoms with E-state index in [2.05, 4.69) is 6.92 Å². The van der Waals surface area contributed by atoms with Gasteiger partial charge in [-0.3, -0.25) is 4.79 Å². The van der Waals surface area contributed by atoms with Crippen molar-refractivity contribution in [1.82, 2.24) is 0 Å². The van der Waals surface area contributed by atoms with Crippen LogP contribution in [0, 0.1) is 0 Å². The van der Waals surface area contributed by atoms with Gasteiger partial charge < -0.3 is 15.2 Å². The van der Waals surface area contributed by atoms with E-state index in [1.165, 1.54) is 0 Å². The number of esters is 1. The van der Waals surface area contributed by atoms with Gasteiger partial charge in [-0.1, -0.05) is 6.92 Å². The first-order chi connectivity index (χ1) is 6.57. The average Bonchev–Trinajstić information content (AvgIpc) is 2.12. The summed E-state index contributed by atoms with van der Waals surface area (Å²) < 4.78 is 10.3. The molecule has 0 radical (unpaired) electrons. The van der Waals surface area contributed by atoms with E-state index in [4.69, 9.17) is 15.2 Å². The molecule has 0 aliphatic rings. The Labute approximate surface area is 85.8 Å². The fourth-order valence-corrected chi connectivity index (χ4v) is 0.860. The Morgan fingerprint density at radius 2 is 2.00 bits per heavy atom. The molecule has 14 heavy (non-hydrogen) atoms. The van der Waals surface area contributed by atoms with Crippen molar-refractivity contribution in [2.75, 3.05) is 13.2 Å². The minimum absolute atomic E-state index is 0.120. The molecule has 0 amide bonds. The second-order valence-electron chi connectivity index (χ2n) is 3.44. The smallest absolute Gasteiger partial charge is 0.322 e. The third-order valence-corrected chi connectivity index (χ3v) is 1.71. The van der Waals surface area contributed by atoms with Gasteiger partial charge in [0.05, 0.1) is 6.61 Å². The molecule has 0 saturated carbocycles. The van der Waals surface area contributed by atoms with Crippen LogP contribution in [0.15, 0.2) is 0 Å². The lowest BCUT2D eigenvalue weighted by Gasteiger charge is -2.14. The van der Waals surface area contributed by atoms with Crippen molar-refractivity contribution in [3.8, 4) is 0 Å². The summed E-state index contributed by atoms with van der Waals surface area (Å²) in [4.78, 5) is 11.1. The highest BCUT2D eigenvalue weighted by Crippen LogP contribution is 2.00. The van der Waals surface area contributed by atoms with Crippen molar-refractivity contribution in [1.29, 1.82) is 0 Å². The number of carbonyl (C=O) groups is 1. The van der Waals surface area contributed by atoms with E-state index < -0.39 is 6.04 Å². The minimum atomic E-state index is -0.547. The zero-order chi connectivity index (χ0) is 11.0. The SMILES string of the molecule is CCCOCC[C@H](C)OC(=O)[C@H](C)N. The molecule has 2 N–H and O–H groups in total. The van der Waals surface area contributed by atoms with Gasteiger partial charge in [0.25, 0.3) is 0 Å². The van der Waals surface area contributed by atoms with Crippen LogP contribution < -0.4 is 5.73 Å². The van der Waals surface area contributed by atoms with Crippen LogP contribution in [0.4, 0.5) is 0 Å². The second-order valence-corrected chi connectivity index (χ2v) is 3.44. The van der Waals surface area contributed by atoms with Gasteiger partial charge >= 0.3 is 5.97 Å². The first-order valence-electron chi connectivity index (χ1n) is 5.11. The normalized spacial score (nSPS) is 14.9. The zero-order valence-electron chi connectivity index (χ0n) is 9.29. The van der Waals surface area contributed by atoms with Crippen molar-refractivity contribution in [2.24, 2.45) is 5.73 Å². The highest BCUT2D eigenvalue weighted by atomic mass is 16.5. The lowest BCUT2D eigenvalue weighted by molar-refractivity contribution is -0.150. The Balaban J connectivity index is 3.45. The van der Waals surface area contributed by atoms with Gasteiger partial charge in [0.2, 0.25) is 0 Å². The van der Waals surface area contributed by atoms with Crippen LogP contribution in [0.3, 0.4) is 0 Å². The molecule has 4 nitrogen and oxygen atoms in total. The Bertz CT molecular complexity index is 159. The van der Waals surface area contributed by atoms with Crippen molar-refractivity contribution in [2.45, 2.75) is 45.8 Å². The minimum Gasteiger partial charge on any atom is -0.461 e. The maximum Gasteiger partial charge on any atom is 0.322 e. The molecule has 0 saturated heterocycles. The first kappa shape index (κ1) is 13.4. The van der Waals surface area contributed by atoms with Gasteiger partial charge in [0, 0.05) is 13.0 Å². The predicted molar refractivity (Wildman–Crippen MR) is 54.9 cm³/mol. The molecule has 0 rings (SSSR count). The van der Waals surface area contributed by atoms with Gasteiger partial charge in [-0.2, -0.15) is 0 Å². The monoisotopic (exact) mass is 203 g/mol. The zero-order valence-corrected chi connectivity index (χ0v) is 9.29. The van der Waals surface area contributed by atoms with Crippen LogP contribution >= 0.6 is 0 Å². The summed E-state index contributed by atoms with van der Waals surface area (Å²) in [5, 5.41) is 0. The van der Waals surface area contributed by atoms with Crippen molar-refractivity contribution in [3.05, 3.63) is 0 Å². The summed E-state index contributed by atoms with van der Waals surface area (Å²) in [5.74, 6) is -0.354. The topological polar surface area (TPSA) is 61.5 Å². The molecule has 0 aliphatic carbocycles. The highest BCUT2D eigenvalue weighted by molar-refractivity contribution is 5.75. The molecule has 0 bridgehead atoms. The van der Waals surface area contributed by atoms with Gasteiger partial charge in [-0.25, -0.2) is 0 Å². The summed E-state index contributed by atoms with van der Waals surface area (Å²) in [6, 6.07) is -0.547. The Kier molecular flexibility index (Phi) is 7.42. The third kappa shape index (κ3) is 6.86. The molecule has 0 aromatic rings. The Morgan fingerprint density at radius 3 is 2.50 bits per heavy atom. The molecule has 4 heteroatoms. The summed E-state index contributed by atoms with van der Waals surface area (Å²) in [6.07, 6.45) is 1.61. The summed E-state index contributed by atoms with van der Waals surface area (Å²) in [6.45, 7) is 6.90. The molecule has 0 spiro atoms. The number of hydrogen-bond donors (Lipinski definition) is 1. The van der Waals surface area contributed by atoms with Gasteiger partial charge in [-0.05, 0) is 20.3 Å². The molecule has 0 unspecified atom stereocenters. The van der Waals surface area contributed by atoms with E-state index in [1.807, 2.05) is 6.92 Å². The van der Waals surface area contributed by atoms with E-state index in [1.54, 1.807) is 6.92 Å².